The zero-order valence-electron chi connectivity index (χ0n) is 11.2. The molecule has 0 fully saturated rings. The van der Waals surface area contributed by atoms with Crippen molar-refractivity contribution in [3.05, 3.63) is 0 Å². The van der Waals surface area contributed by atoms with Crippen LogP contribution in [0.5, 0.6) is 0 Å². The lowest BCUT2D eigenvalue weighted by atomic mass is 10.0. The Hall–Kier alpha value is -1.30. The van der Waals surface area contributed by atoms with Gasteiger partial charge in [-0.3, -0.25) is 9.63 Å². The van der Waals surface area contributed by atoms with E-state index in [0.717, 1.165) is 0 Å². The average molecular weight is 245 g/mol. The van der Waals surface area contributed by atoms with Crippen molar-refractivity contribution in [3.8, 4) is 0 Å². The maximum Gasteiger partial charge on any atom is 0.312 e. The smallest absolute Gasteiger partial charge is 0.312 e. The van der Waals surface area contributed by atoms with Gasteiger partial charge in [0, 0.05) is 0 Å². The molecule has 3 amide bonds. The zero-order valence-corrected chi connectivity index (χ0v) is 11.2. The van der Waals surface area contributed by atoms with Gasteiger partial charge in [-0.05, 0) is 33.1 Å². The molecule has 0 aliphatic rings. The van der Waals surface area contributed by atoms with Crippen molar-refractivity contribution in [1.29, 1.82) is 0 Å². The first-order valence-corrected chi connectivity index (χ1v) is 5.65. The van der Waals surface area contributed by atoms with Gasteiger partial charge in [-0.25, -0.2) is 10.3 Å². The normalized spacial score (nSPS) is 13.3. The Balaban J connectivity index is 4.37. The van der Waals surface area contributed by atoms with Gasteiger partial charge in [0.25, 0.3) is 5.91 Å². The Labute approximate surface area is 102 Å². The molecule has 100 valence electrons. The summed E-state index contributed by atoms with van der Waals surface area (Å²) in [5.41, 5.74) is 6.86. The topological polar surface area (TPSA) is 93.5 Å². The van der Waals surface area contributed by atoms with Gasteiger partial charge in [-0.1, -0.05) is 13.8 Å². The van der Waals surface area contributed by atoms with Crippen LogP contribution in [0.15, 0.2) is 0 Å². The van der Waals surface area contributed by atoms with Crippen LogP contribution in [-0.4, -0.2) is 23.6 Å². The van der Waals surface area contributed by atoms with E-state index in [2.05, 4.69) is 10.8 Å². The lowest BCUT2D eigenvalue weighted by Crippen LogP contribution is -2.50. The lowest BCUT2D eigenvalue weighted by molar-refractivity contribution is -0.147. The summed E-state index contributed by atoms with van der Waals surface area (Å²) >= 11 is 0. The van der Waals surface area contributed by atoms with E-state index >= 15 is 0 Å². The van der Waals surface area contributed by atoms with Crippen molar-refractivity contribution in [2.24, 2.45) is 11.7 Å². The van der Waals surface area contributed by atoms with Crippen molar-refractivity contribution in [1.82, 2.24) is 10.8 Å². The minimum absolute atomic E-state index is 0.257. The Morgan fingerprint density at radius 3 is 2.18 bits per heavy atom. The van der Waals surface area contributed by atoms with Crippen LogP contribution in [-0.2, 0) is 9.63 Å². The monoisotopic (exact) mass is 245 g/mol. The van der Waals surface area contributed by atoms with E-state index in [1.807, 2.05) is 34.6 Å². The number of urea groups is 1. The van der Waals surface area contributed by atoms with Gasteiger partial charge in [0.2, 0.25) is 0 Å². The molecule has 4 N–H and O–H groups in total. The van der Waals surface area contributed by atoms with Crippen molar-refractivity contribution in [3.63, 3.8) is 0 Å². The van der Waals surface area contributed by atoms with E-state index in [0.29, 0.717) is 6.42 Å². The third kappa shape index (κ3) is 8.50. The van der Waals surface area contributed by atoms with E-state index in [9.17, 15) is 9.59 Å². The summed E-state index contributed by atoms with van der Waals surface area (Å²) in [6, 6.07) is -1.39. The molecule has 1 unspecified atom stereocenters. The molecule has 0 aromatic carbocycles. The molecule has 0 spiro atoms. The molecule has 17 heavy (non-hydrogen) atoms. The van der Waals surface area contributed by atoms with Crippen LogP contribution in [0.25, 0.3) is 0 Å². The zero-order chi connectivity index (χ0) is 13.6. The lowest BCUT2D eigenvalue weighted by Gasteiger charge is -2.23. The fourth-order valence-electron chi connectivity index (χ4n) is 1.15. The quantitative estimate of drug-likeness (QED) is 0.628. The highest BCUT2D eigenvalue weighted by atomic mass is 16.7. The molecule has 6 heteroatoms. The number of carbonyl (C=O) groups excluding carboxylic acids is 2. The Bertz CT molecular complexity index is 272. The van der Waals surface area contributed by atoms with Crippen LogP contribution in [0.1, 0.15) is 41.0 Å². The maximum absolute atomic E-state index is 11.8. The summed E-state index contributed by atoms with van der Waals surface area (Å²) < 4.78 is 0. The van der Waals surface area contributed by atoms with Gasteiger partial charge < -0.3 is 11.1 Å². The molecular weight excluding hydrogens is 222 g/mol. The number of nitrogens with one attached hydrogen (secondary N) is 2. The van der Waals surface area contributed by atoms with E-state index in [4.69, 9.17) is 10.6 Å². The van der Waals surface area contributed by atoms with E-state index in [-0.39, 0.29) is 5.92 Å². The summed E-state index contributed by atoms with van der Waals surface area (Å²) in [7, 11) is 0. The number of nitrogens with two attached hydrogens (primary N) is 1. The van der Waals surface area contributed by atoms with Gasteiger partial charge in [-0.2, -0.15) is 0 Å². The van der Waals surface area contributed by atoms with E-state index in [1.54, 1.807) is 0 Å². The van der Waals surface area contributed by atoms with Crippen LogP contribution in [0.2, 0.25) is 0 Å². The van der Waals surface area contributed by atoms with Gasteiger partial charge in [0.1, 0.15) is 6.04 Å². The molecule has 0 radical (unpaired) electrons. The molecule has 0 saturated carbocycles. The maximum atomic E-state index is 11.8. The minimum Gasteiger partial charge on any atom is -0.352 e. The van der Waals surface area contributed by atoms with Crippen molar-refractivity contribution in [2.75, 3.05) is 0 Å². The molecule has 0 aliphatic heterocycles. The highest BCUT2D eigenvalue weighted by Crippen LogP contribution is 2.07. The molecule has 0 rings (SSSR count). The molecule has 0 saturated heterocycles. The average Bonchev–Trinajstić information content (AvgIpc) is 2.10. The summed E-state index contributed by atoms with van der Waals surface area (Å²) in [5.74, 6) is -0.139. The Morgan fingerprint density at radius 2 is 1.82 bits per heavy atom. The van der Waals surface area contributed by atoms with Crippen LogP contribution in [0, 0.1) is 5.92 Å². The summed E-state index contributed by atoms with van der Waals surface area (Å²) in [5, 5.41) is 2.39. The first-order chi connectivity index (χ1) is 7.61. The number of carbonyl (C=O) groups is 2. The number of primary amides is 1. The van der Waals surface area contributed by atoms with Crippen molar-refractivity contribution >= 4 is 11.9 Å². The van der Waals surface area contributed by atoms with E-state index in [1.165, 1.54) is 0 Å². The number of hydrogen-bond acceptors (Lipinski definition) is 3. The van der Waals surface area contributed by atoms with Gasteiger partial charge in [0.05, 0.1) is 5.60 Å². The molecule has 0 aromatic rings. The van der Waals surface area contributed by atoms with Crippen molar-refractivity contribution in [2.45, 2.75) is 52.7 Å². The van der Waals surface area contributed by atoms with Crippen LogP contribution >= 0.6 is 0 Å². The fraction of sp³-hybridized carbons (Fsp3) is 0.818. The predicted molar refractivity (Wildman–Crippen MR) is 64.9 cm³/mol. The van der Waals surface area contributed by atoms with E-state index < -0.39 is 23.6 Å². The van der Waals surface area contributed by atoms with Gasteiger partial charge in [0.15, 0.2) is 0 Å². The molecule has 6 nitrogen and oxygen atoms in total. The minimum atomic E-state index is -0.721. The summed E-state index contributed by atoms with van der Waals surface area (Å²) in [6.45, 7) is 9.34. The van der Waals surface area contributed by atoms with Gasteiger partial charge >= 0.3 is 6.03 Å². The summed E-state index contributed by atoms with van der Waals surface area (Å²) in [6.07, 6.45) is 0.502. The number of amides is 3. The van der Waals surface area contributed by atoms with Gasteiger partial charge in [-0.15, -0.1) is 0 Å². The highest BCUT2D eigenvalue weighted by Gasteiger charge is 2.23. The second-order valence-electron chi connectivity index (χ2n) is 5.37. The second-order valence-corrected chi connectivity index (χ2v) is 5.37. The molecular formula is C11H23N3O3. The first-order valence-electron chi connectivity index (χ1n) is 5.65. The highest BCUT2D eigenvalue weighted by molar-refractivity contribution is 5.85. The number of hydrogen-bond donors (Lipinski definition) is 3. The molecule has 0 aromatic heterocycles. The standard InChI is InChI=1S/C11H23N3O3/c1-7(2)6-8(13-10(12)16)9(15)14-17-11(3,4)5/h7-8H,6H2,1-5H3,(H,14,15)(H3,12,13,16). The molecule has 0 aliphatic carbocycles. The first kappa shape index (κ1) is 15.7. The largest absolute Gasteiger partial charge is 0.352 e. The van der Waals surface area contributed by atoms with Crippen LogP contribution in [0.3, 0.4) is 0 Å². The SMILES string of the molecule is CC(C)CC(NC(N)=O)C(=O)NOC(C)(C)C. The fourth-order valence-corrected chi connectivity index (χ4v) is 1.15. The third-order valence-corrected chi connectivity index (χ3v) is 1.80. The van der Waals surface area contributed by atoms with Crippen LogP contribution in [0.4, 0.5) is 4.79 Å². The Kier molecular flexibility index (Phi) is 5.95. The number of hydroxylamine groups is 1. The molecule has 0 heterocycles. The Morgan fingerprint density at radius 1 is 1.29 bits per heavy atom. The van der Waals surface area contributed by atoms with Crippen molar-refractivity contribution < 1.29 is 14.4 Å². The predicted octanol–water partition coefficient (Wildman–Crippen LogP) is 0.916. The number of rotatable bonds is 5. The third-order valence-electron chi connectivity index (χ3n) is 1.80. The van der Waals surface area contributed by atoms with Crippen LogP contribution < -0.4 is 16.5 Å². The molecule has 1 atom stereocenters. The summed E-state index contributed by atoms with van der Waals surface area (Å²) in [4.78, 5) is 27.7. The second kappa shape index (κ2) is 6.44. The molecule has 0 bridgehead atoms.